The van der Waals surface area contributed by atoms with Crippen molar-refractivity contribution in [1.82, 2.24) is 15.4 Å². The molecule has 1 aromatic carbocycles. The molecule has 0 aliphatic carbocycles. The third-order valence-electron chi connectivity index (χ3n) is 4.16. The first kappa shape index (κ1) is 22.6. The number of para-hydroxylation sites is 1. The van der Waals surface area contributed by atoms with Crippen molar-refractivity contribution in [2.75, 3.05) is 35.4 Å². The minimum atomic E-state index is -0.622. The molecule has 2 heterocycles. The number of anilines is 5. The quantitative estimate of drug-likeness (QED) is 0.251. The van der Waals surface area contributed by atoms with Crippen LogP contribution in [-0.4, -0.2) is 36.3 Å². The zero-order valence-electron chi connectivity index (χ0n) is 16.9. The van der Waals surface area contributed by atoms with E-state index in [0.717, 1.165) is 5.69 Å². The molecule has 11 heteroatoms. The fraction of sp³-hybridized carbons (Fsp3) is 0.150. The van der Waals surface area contributed by atoms with Gasteiger partial charge in [0.1, 0.15) is 11.6 Å². The van der Waals surface area contributed by atoms with Gasteiger partial charge in [0.15, 0.2) is 0 Å². The Kier molecular flexibility index (Phi) is 7.50. The molecule has 162 valence electrons. The normalized spacial score (nSPS) is 10.5. The average molecular weight is 463 g/mol. The molecule has 1 amide bonds. The zero-order valence-corrected chi connectivity index (χ0v) is 18.5. The lowest BCUT2D eigenvalue weighted by molar-refractivity contribution is 0.0538. The minimum Gasteiger partial charge on any atom is -0.353 e. The van der Waals surface area contributed by atoms with Gasteiger partial charge < -0.3 is 14.9 Å². The third-order valence-corrected chi connectivity index (χ3v) is 5.19. The van der Waals surface area contributed by atoms with Gasteiger partial charge in [0.2, 0.25) is 5.95 Å². The number of nitrogens with one attached hydrogen (secondary N) is 3. The number of halogens is 2. The summed E-state index contributed by atoms with van der Waals surface area (Å²) in [5.74, 6) is -0.479. The van der Waals surface area contributed by atoms with E-state index < -0.39 is 11.9 Å². The monoisotopic (exact) mass is 462 g/mol. The van der Waals surface area contributed by atoms with Gasteiger partial charge in [-0.25, -0.2) is 15.4 Å². The molecule has 3 N–H and O–H groups in total. The van der Waals surface area contributed by atoms with E-state index in [1.165, 1.54) is 37.4 Å². The predicted octanol–water partition coefficient (Wildman–Crippen LogP) is 4.76. The van der Waals surface area contributed by atoms with Crippen molar-refractivity contribution in [2.45, 2.75) is 0 Å². The van der Waals surface area contributed by atoms with Crippen molar-refractivity contribution in [3.05, 3.63) is 65.2 Å². The van der Waals surface area contributed by atoms with Gasteiger partial charge in [0.05, 0.1) is 34.8 Å². The Morgan fingerprint density at radius 1 is 1.16 bits per heavy atom. The van der Waals surface area contributed by atoms with E-state index in [-0.39, 0.29) is 11.4 Å². The molecule has 0 spiro atoms. The van der Waals surface area contributed by atoms with Gasteiger partial charge in [-0.05, 0) is 24.3 Å². The molecule has 3 aromatic rings. The van der Waals surface area contributed by atoms with Crippen molar-refractivity contribution in [2.24, 2.45) is 0 Å². The highest BCUT2D eigenvalue weighted by molar-refractivity contribution is 7.99. The predicted molar refractivity (Wildman–Crippen MR) is 123 cm³/mol. The number of nitrogens with zero attached hydrogens (tertiary/aromatic N) is 3. The number of carbonyl (C=O) groups excluding carboxylic acids is 1. The van der Waals surface area contributed by atoms with Crippen LogP contribution < -0.4 is 20.4 Å². The molecule has 0 aliphatic heterocycles. The summed E-state index contributed by atoms with van der Waals surface area (Å²) in [7, 11) is 3.22. The highest BCUT2D eigenvalue weighted by atomic mass is 35.5. The highest BCUT2D eigenvalue weighted by Gasteiger charge is 2.17. The average Bonchev–Trinajstić information content (AvgIpc) is 2.74. The van der Waals surface area contributed by atoms with Crippen LogP contribution in [0.4, 0.5) is 33.1 Å². The highest BCUT2D eigenvalue weighted by Crippen LogP contribution is 2.38. The molecule has 0 saturated heterocycles. The van der Waals surface area contributed by atoms with Gasteiger partial charge in [0, 0.05) is 25.6 Å². The lowest BCUT2D eigenvalue weighted by atomic mass is 10.2. The topological polar surface area (TPSA) is 91.4 Å². The van der Waals surface area contributed by atoms with Gasteiger partial charge in [0.25, 0.3) is 5.91 Å². The Morgan fingerprint density at radius 3 is 2.65 bits per heavy atom. The fourth-order valence-electron chi connectivity index (χ4n) is 2.74. The summed E-state index contributed by atoms with van der Waals surface area (Å²) >= 11 is 7.89. The molecule has 0 unspecified atom stereocenters. The van der Waals surface area contributed by atoms with Crippen LogP contribution in [0.25, 0.3) is 0 Å². The van der Waals surface area contributed by atoms with E-state index in [9.17, 15) is 9.18 Å². The van der Waals surface area contributed by atoms with E-state index in [4.69, 9.17) is 16.4 Å². The summed E-state index contributed by atoms with van der Waals surface area (Å²) in [5.41, 5.74) is 4.37. The third kappa shape index (κ3) is 5.54. The maximum atomic E-state index is 13.4. The molecule has 0 fully saturated rings. The summed E-state index contributed by atoms with van der Waals surface area (Å²) in [4.78, 5) is 25.2. The Labute approximate surface area is 188 Å². The lowest BCUT2D eigenvalue weighted by Gasteiger charge is -2.22. The number of benzene rings is 1. The number of rotatable bonds is 8. The summed E-state index contributed by atoms with van der Waals surface area (Å²) < 4.78 is 15.3. The fourth-order valence-corrected chi connectivity index (χ4v) is 3.47. The van der Waals surface area contributed by atoms with E-state index in [2.05, 4.69) is 26.1 Å². The van der Waals surface area contributed by atoms with Gasteiger partial charge in [-0.1, -0.05) is 35.7 Å². The number of pyridine rings is 2. The van der Waals surface area contributed by atoms with E-state index in [1.54, 1.807) is 24.3 Å². The molecule has 2 aromatic heterocycles. The van der Waals surface area contributed by atoms with Crippen LogP contribution in [0.2, 0.25) is 5.02 Å². The molecule has 0 saturated carbocycles. The van der Waals surface area contributed by atoms with Crippen LogP contribution in [0.3, 0.4) is 0 Å². The standard InChI is InChI=1S/C20H20ClFN6O2S/c1-28(31-3)19-13(21)6-4-7-14(19)24-15-10-18(23-11-12(15)20(29)27-30-2)26-17-9-5-8-16(22)25-17/h4-11H,1-3H3,(H,27,29)(H2,23,24,25,26). The lowest BCUT2D eigenvalue weighted by Crippen LogP contribution is -2.23. The maximum absolute atomic E-state index is 13.4. The summed E-state index contributed by atoms with van der Waals surface area (Å²) in [6.07, 6.45) is 3.30. The molecule has 8 nitrogen and oxygen atoms in total. The minimum absolute atomic E-state index is 0.234. The number of hydrogen-bond donors (Lipinski definition) is 3. The molecule has 31 heavy (non-hydrogen) atoms. The Hall–Kier alpha value is -3.08. The van der Waals surface area contributed by atoms with Gasteiger partial charge in [-0.3, -0.25) is 9.63 Å². The maximum Gasteiger partial charge on any atom is 0.278 e. The van der Waals surface area contributed by atoms with Gasteiger partial charge in [-0.15, -0.1) is 0 Å². The van der Waals surface area contributed by atoms with Gasteiger partial charge in [-0.2, -0.15) is 4.39 Å². The van der Waals surface area contributed by atoms with Crippen LogP contribution in [0, 0.1) is 5.95 Å². The van der Waals surface area contributed by atoms with Crippen molar-refractivity contribution in [1.29, 1.82) is 0 Å². The number of amides is 1. The van der Waals surface area contributed by atoms with Crippen LogP contribution in [0.5, 0.6) is 0 Å². The molecule has 3 rings (SSSR count). The Morgan fingerprint density at radius 2 is 1.94 bits per heavy atom. The van der Waals surface area contributed by atoms with Crippen LogP contribution in [0.1, 0.15) is 10.4 Å². The smallest absolute Gasteiger partial charge is 0.278 e. The van der Waals surface area contributed by atoms with Crippen LogP contribution in [0.15, 0.2) is 48.7 Å². The number of hydrogen-bond acceptors (Lipinski definition) is 8. The van der Waals surface area contributed by atoms with E-state index in [1.807, 2.05) is 23.7 Å². The molecule has 0 bridgehead atoms. The van der Waals surface area contributed by atoms with Crippen LogP contribution in [-0.2, 0) is 4.84 Å². The summed E-state index contributed by atoms with van der Waals surface area (Å²) in [6.45, 7) is 0. The van der Waals surface area contributed by atoms with Gasteiger partial charge >= 0.3 is 0 Å². The number of aromatic nitrogens is 2. The molecule has 0 aliphatic rings. The molecular weight excluding hydrogens is 443 g/mol. The second-order valence-electron chi connectivity index (χ2n) is 6.16. The van der Waals surface area contributed by atoms with Crippen molar-refractivity contribution < 1.29 is 14.0 Å². The first-order valence-corrected chi connectivity index (χ1v) is 10.5. The second-order valence-corrected chi connectivity index (χ2v) is 7.48. The van der Waals surface area contributed by atoms with Crippen LogP contribution >= 0.6 is 23.5 Å². The summed E-state index contributed by atoms with van der Waals surface area (Å²) in [6, 6.07) is 11.4. The summed E-state index contributed by atoms with van der Waals surface area (Å²) in [5, 5.41) is 6.71. The van der Waals surface area contributed by atoms with E-state index in [0.29, 0.717) is 22.2 Å². The first-order valence-electron chi connectivity index (χ1n) is 8.99. The second kappa shape index (κ2) is 10.3. The zero-order chi connectivity index (χ0) is 22.4. The molecule has 0 radical (unpaired) electrons. The van der Waals surface area contributed by atoms with E-state index >= 15 is 0 Å². The molecule has 0 atom stereocenters. The molecular formula is C20H20ClFN6O2S. The Balaban J connectivity index is 2.02. The first-order chi connectivity index (χ1) is 14.9. The number of carbonyl (C=O) groups is 1. The number of hydroxylamine groups is 1. The SMILES string of the molecule is CONC(=O)c1cnc(Nc2cccc(F)n2)cc1Nc1cccc(Cl)c1N(C)SC. The van der Waals surface area contributed by atoms with Crippen molar-refractivity contribution in [3.63, 3.8) is 0 Å². The van der Waals surface area contributed by atoms with Crippen molar-refractivity contribution >= 4 is 58.2 Å². The Bertz CT molecular complexity index is 1090. The largest absolute Gasteiger partial charge is 0.353 e. The van der Waals surface area contributed by atoms with Crippen molar-refractivity contribution in [3.8, 4) is 0 Å².